The van der Waals surface area contributed by atoms with E-state index in [1.54, 1.807) is 7.11 Å². The van der Waals surface area contributed by atoms with Gasteiger partial charge in [-0.05, 0) is 44.1 Å². The van der Waals surface area contributed by atoms with Gasteiger partial charge in [0.05, 0.1) is 12.0 Å². The normalized spacial score (nSPS) is 17.6. The molecule has 1 amide bonds. The Balaban J connectivity index is 1.82. The Bertz CT molecular complexity index is 749. The van der Waals surface area contributed by atoms with E-state index in [0.29, 0.717) is 12.5 Å². The molecule has 3 rings (SSSR count). The third kappa shape index (κ3) is 3.70. The van der Waals surface area contributed by atoms with Crippen LogP contribution in [0.15, 0.2) is 22.6 Å². The number of rotatable bonds is 4. The number of amides is 1. The van der Waals surface area contributed by atoms with E-state index in [2.05, 4.69) is 36.4 Å². The predicted molar refractivity (Wildman–Crippen MR) is 97.8 cm³/mol. The molecule has 0 radical (unpaired) electrons. The van der Waals surface area contributed by atoms with Crippen LogP contribution in [-0.4, -0.2) is 37.7 Å². The first-order chi connectivity index (χ1) is 11.8. The number of carbonyl (C=O) groups is 1. The zero-order valence-corrected chi connectivity index (χ0v) is 15.4. The lowest BCUT2D eigenvalue weighted by atomic mass is 9.78. The summed E-state index contributed by atoms with van der Waals surface area (Å²) in [4.78, 5) is 17.5. The number of benzene rings is 1. The smallest absolute Gasteiger partial charge is 0.233 e. The summed E-state index contributed by atoms with van der Waals surface area (Å²) in [6.07, 6.45) is 1.54. The molecule has 25 heavy (non-hydrogen) atoms. The summed E-state index contributed by atoms with van der Waals surface area (Å²) in [5.41, 5.74) is 1.60. The molecule has 0 aliphatic carbocycles. The molecular formula is C19H27N3O3. The number of aromatic nitrogens is 1. The second-order valence-corrected chi connectivity index (χ2v) is 7.87. The molecule has 1 aliphatic rings. The fourth-order valence-electron chi connectivity index (χ4n) is 3.21. The minimum Gasteiger partial charge on any atom is -0.440 e. The molecule has 1 fully saturated rings. The summed E-state index contributed by atoms with van der Waals surface area (Å²) in [6, 6.07) is 5.59. The Morgan fingerprint density at radius 2 is 2.08 bits per heavy atom. The van der Waals surface area contributed by atoms with E-state index in [1.165, 1.54) is 0 Å². The van der Waals surface area contributed by atoms with Crippen molar-refractivity contribution in [1.82, 2.24) is 10.3 Å². The SMILES string of the molecule is COCC1(C(=O)Nc2ccc3oc(C(C)(C)C)nc3c2)CCNCC1. The Hall–Kier alpha value is -1.92. The number of ether oxygens (including phenoxy) is 1. The number of fused-ring (bicyclic) bond motifs is 1. The van der Waals surface area contributed by atoms with Crippen LogP contribution in [0.2, 0.25) is 0 Å². The Morgan fingerprint density at radius 1 is 1.36 bits per heavy atom. The summed E-state index contributed by atoms with van der Waals surface area (Å²) in [7, 11) is 1.65. The van der Waals surface area contributed by atoms with Crippen LogP contribution < -0.4 is 10.6 Å². The lowest BCUT2D eigenvalue weighted by Gasteiger charge is -2.35. The molecule has 6 nitrogen and oxygen atoms in total. The van der Waals surface area contributed by atoms with E-state index in [1.807, 2.05) is 18.2 Å². The van der Waals surface area contributed by atoms with Crippen LogP contribution in [-0.2, 0) is 14.9 Å². The summed E-state index contributed by atoms with van der Waals surface area (Å²) < 4.78 is 11.2. The first-order valence-corrected chi connectivity index (χ1v) is 8.76. The van der Waals surface area contributed by atoms with Crippen LogP contribution in [0.25, 0.3) is 11.1 Å². The molecule has 1 saturated heterocycles. The van der Waals surface area contributed by atoms with Gasteiger partial charge in [0.2, 0.25) is 11.8 Å². The lowest BCUT2D eigenvalue weighted by Crippen LogP contribution is -2.47. The van der Waals surface area contributed by atoms with Gasteiger partial charge in [-0.1, -0.05) is 20.8 Å². The minimum absolute atomic E-state index is 0.00902. The van der Waals surface area contributed by atoms with Gasteiger partial charge in [0.25, 0.3) is 0 Å². The quantitative estimate of drug-likeness (QED) is 0.890. The largest absolute Gasteiger partial charge is 0.440 e. The van der Waals surface area contributed by atoms with Gasteiger partial charge in [0, 0.05) is 18.2 Å². The number of methoxy groups -OCH3 is 1. The molecule has 2 N–H and O–H groups in total. The maximum atomic E-state index is 12.9. The van der Waals surface area contributed by atoms with E-state index in [9.17, 15) is 4.79 Å². The first kappa shape index (κ1) is 17.9. The van der Waals surface area contributed by atoms with Gasteiger partial charge in [-0.15, -0.1) is 0 Å². The molecule has 136 valence electrons. The highest BCUT2D eigenvalue weighted by Gasteiger charge is 2.39. The minimum atomic E-state index is -0.477. The fourth-order valence-corrected chi connectivity index (χ4v) is 3.21. The van der Waals surface area contributed by atoms with E-state index in [0.717, 1.165) is 42.7 Å². The molecule has 0 unspecified atom stereocenters. The van der Waals surface area contributed by atoms with E-state index < -0.39 is 5.41 Å². The molecule has 1 aromatic heterocycles. The highest BCUT2D eigenvalue weighted by atomic mass is 16.5. The lowest BCUT2D eigenvalue weighted by molar-refractivity contribution is -0.130. The van der Waals surface area contributed by atoms with Crippen molar-refractivity contribution in [2.24, 2.45) is 5.41 Å². The van der Waals surface area contributed by atoms with Gasteiger partial charge in [-0.3, -0.25) is 4.79 Å². The molecule has 0 saturated carbocycles. The third-order valence-corrected chi connectivity index (χ3v) is 4.75. The highest BCUT2D eigenvalue weighted by molar-refractivity contribution is 5.97. The van der Waals surface area contributed by atoms with Crippen molar-refractivity contribution in [2.45, 2.75) is 39.0 Å². The van der Waals surface area contributed by atoms with Crippen molar-refractivity contribution >= 4 is 22.7 Å². The first-order valence-electron chi connectivity index (χ1n) is 8.76. The summed E-state index contributed by atoms with van der Waals surface area (Å²) in [6.45, 7) is 8.27. The fraction of sp³-hybridized carbons (Fsp3) is 0.579. The van der Waals surface area contributed by atoms with E-state index >= 15 is 0 Å². The number of carbonyl (C=O) groups excluding carboxylic acids is 1. The Kier molecular flexibility index (Phi) is 4.84. The maximum absolute atomic E-state index is 12.9. The molecule has 1 aromatic carbocycles. The second kappa shape index (κ2) is 6.77. The third-order valence-electron chi connectivity index (χ3n) is 4.75. The van der Waals surface area contributed by atoms with E-state index in [4.69, 9.17) is 9.15 Å². The van der Waals surface area contributed by atoms with Crippen molar-refractivity contribution in [2.75, 3.05) is 32.1 Å². The van der Waals surface area contributed by atoms with Crippen molar-refractivity contribution in [3.05, 3.63) is 24.1 Å². The Labute approximate surface area is 148 Å². The topological polar surface area (TPSA) is 76.4 Å². The van der Waals surface area contributed by atoms with E-state index in [-0.39, 0.29) is 11.3 Å². The van der Waals surface area contributed by atoms with Gasteiger partial charge in [0.1, 0.15) is 5.52 Å². The number of hydrogen-bond donors (Lipinski definition) is 2. The van der Waals surface area contributed by atoms with Gasteiger partial charge in [0.15, 0.2) is 5.58 Å². The average molecular weight is 345 g/mol. The van der Waals surface area contributed by atoms with Crippen LogP contribution in [0.3, 0.4) is 0 Å². The molecule has 0 atom stereocenters. The summed E-state index contributed by atoms with van der Waals surface area (Å²) in [5, 5.41) is 6.35. The average Bonchev–Trinajstić information content (AvgIpc) is 2.99. The molecule has 2 aromatic rings. The van der Waals surface area contributed by atoms with Crippen molar-refractivity contribution in [3.8, 4) is 0 Å². The molecule has 0 spiro atoms. The van der Waals surface area contributed by atoms with Crippen molar-refractivity contribution in [1.29, 1.82) is 0 Å². The summed E-state index contributed by atoms with van der Waals surface area (Å²) >= 11 is 0. The number of anilines is 1. The highest BCUT2D eigenvalue weighted by Crippen LogP contribution is 2.32. The molecule has 2 heterocycles. The molecule has 0 bridgehead atoms. The van der Waals surface area contributed by atoms with Crippen LogP contribution in [0.4, 0.5) is 5.69 Å². The van der Waals surface area contributed by atoms with Crippen LogP contribution >= 0.6 is 0 Å². The maximum Gasteiger partial charge on any atom is 0.233 e. The zero-order chi connectivity index (χ0) is 18.1. The standard InChI is InChI=1S/C19H27N3O3/c1-18(2,3)17-22-14-11-13(5-6-15(14)25-17)21-16(23)19(12-24-4)7-9-20-10-8-19/h5-6,11,20H,7-10,12H2,1-4H3,(H,21,23). The number of nitrogens with one attached hydrogen (secondary N) is 2. The molecular weight excluding hydrogens is 318 g/mol. The molecule has 6 heteroatoms. The predicted octanol–water partition coefficient (Wildman–Crippen LogP) is 3.08. The zero-order valence-electron chi connectivity index (χ0n) is 15.4. The number of hydrogen-bond acceptors (Lipinski definition) is 5. The van der Waals surface area contributed by atoms with Crippen LogP contribution in [0.5, 0.6) is 0 Å². The number of piperidine rings is 1. The van der Waals surface area contributed by atoms with Crippen LogP contribution in [0, 0.1) is 5.41 Å². The van der Waals surface area contributed by atoms with Crippen molar-refractivity contribution in [3.63, 3.8) is 0 Å². The molecule has 1 aliphatic heterocycles. The van der Waals surface area contributed by atoms with Gasteiger partial charge < -0.3 is 19.8 Å². The number of nitrogens with zero attached hydrogens (tertiary/aromatic N) is 1. The van der Waals surface area contributed by atoms with Gasteiger partial charge in [-0.25, -0.2) is 4.98 Å². The second-order valence-electron chi connectivity index (χ2n) is 7.87. The summed E-state index contributed by atoms with van der Waals surface area (Å²) in [5.74, 6) is 0.704. The number of oxazole rings is 1. The van der Waals surface area contributed by atoms with Crippen LogP contribution in [0.1, 0.15) is 39.5 Å². The van der Waals surface area contributed by atoms with Gasteiger partial charge in [-0.2, -0.15) is 0 Å². The van der Waals surface area contributed by atoms with Crippen molar-refractivity contribution < 1.29 is 13.9 Å². The monoisotopic (exact) mass is 345 g/mol. The van der Waals surface area contributed by atoms with Gasteiger partial charge >= 0.3 is 0 Å². The Morgan fingerprint density at radius 3 is 2.72 bits per heavy atom.